The highest BCUT2D eigenvalue weighted by Gasteiger charge is 2.37. The zero-order chi connectivity index (χ0) is 18.0. The lowest BCUT2D eigenvalue weighted by molar-refractivity contribution is -0.125. The third kappa shape index (κ3) is 6.08. The Bertz CT molecular complexity index is 468. The van der Waals surface area contributed by atoms with Gasteiger partial charge in [0.1, 0.15) is 0 Å². The van der Waals surface area contributed by atoms with Crippen LogP contribution >= 0.6 is 0 Å². The van der Waals surface area contributed by atoms with Crippen LogP contribution in [0.5, 0.6) is 0 Å². The Hall–Kier alpha value is -1.10. The summed E-state index contributed by atoms with van der Waals surface area (Å²) in [7, 11) is 0. The summed E-state index contributed by atoms with van der Waals surface area (Å²) in [5.74, 6) is 0.307. The zero-order valence-electron chi connectivity index (χ0n) is 15.9. The van der Waals surface area contributed by atoms with Crippen LogP contribution in [0.1, 0.15) is 73.1 Å². The van der Waals surface area contributed by atoms with Crippen molar-refractivity contribution in [3.63, 3.8) is 0 Å². The molecule has 0 saturated carbocycles. The molecule has 3 atom stereocenters. The highest BCUT2D eigenvalue weighted by atomic mass is 16.5. The molecule has 0 spiro atoms. The first-order valence-corrected chi connectivity index (χ1v) is 9.28. The maximum absolute atomic E-state index is 12.3. The molecule has 138 valence electrons. The molecule has 24 heavy (non-hydrogen) atoms. The molecule has 2 N–H and O–H groups in total. The smallest absolute Gasteiger partial charge is 0.223 e. The second-order valence-electron chi connectivity index (χ2n) is 9.32. The molecule has 2 saturated heterocycles. The monoisotopic (exact) mass is 338 g/mol. The van der Waals surface area contributed by atoms with E-state index in [1.54, 1.807) is 0 Å². The van der Waals surface area contributed by atoms with Crippen LogP contribution in [-0.4, -0.2) is 36.1 Å². The predicted octanol–water partition coefficient (Wildman–Crippen LogP) is 2.78. The van der Waals surface area contributed by atoms with Crippen molar-refractivity contribution in [3.8, 4) is 0 Å². The molecule has 2 fully saturated rings. The van der Waals surface area contributed by atoms with Crippen LogP contribution in [0.25, 0.3) is 0 Å². The number of rotatable bonds is 7. The van der Waals surface area contributed by atoms with Gasteiger partial charge in [-0.25, -0.2) is 0 Å². The molecule has 0 aromatic rings. The first-order chi connectivity index (χ1) is 11.0. The van der Waals surface area contributed by atoms with Gasteiger partial charge in [0, 0.05) is 18.4 Å². The lowest BCUT2D eigenvalue weighted by atomic mass is 9.86. The van der Waals surface area contributed by atoms with Crippen molar-refractivity contribution < 1.29 is 14.3 Å². The van der Waals surface area contributed by atoms with E-state index in [2.05, 4.69) is 31.4 Å². The van der Waals surface area contributed by atoms with Gasteiger partial charge >= 0.3 is 0 Å². The molecule has 0 bridgehead atoms. The van der Waals surface area contributed by atoms with E-state index >= 15 is 0 Å². The van der Waals surface area contributed by atoms with E-state index in [9.17, 15) is 9.59 Å². The summed E-state index contributed by atoms with van der Waals surface area (Å²) in [6.45, 7) is 11.3. The SMILES string of the molecule is CC(C)(C)CC[C@@H]1CC(CC(C)(C)OC[C@@H]2CCC(=O)N2)C(=O)N1. The van der Waals surface area contributed by atoms with Gasteiger partial charge in [-0.3, -0.25) is 9.59 Å². The zero-order valence-corrected chi connectivity index (χ0v) is 15.9. The summed E-state index contributed by atoms with van der Waals surface area (Å²) >= 11 is 0. The number of carbonyl (C=O) groups is 2. The van der Waals surface area contributed by atoms with Gasteiger partial charge in [0.25, 0.3) is 0 Å². The second-order valence-corrected chi connectivity index (χ2v) is 9.32. The van der Waals surface area contributed by atoms with Crippen LogP contribution in [0.3, 0.4) is 0 Å². The minimum Gasteiger partial charge on any atom is -0.373 e. The lowest BCUT2D eigenvalue weighted by Crippen LogP contribution is -2.37. The average Bonchev–Trinajstić information content (AvgIpc) is 3.00. The van der Waals surface area contributed by atoms with Gasteiger partial charge in [-0.15, -0.1) is 0 Å². The molecule has 2 heterocycles. The number of hydrogen-bond acceptors (Lipinski definition) is 3. The lowest BCUT2D eigenvalue weighted by Gasteiger charge is -2.29. The second kappa shape index (κ2) is 7.42. The van der Waals surface area contributed by atoms with Crippen molar-refractivity contribution in [1.29, 1.82) is 0 Å². The van der Waals surface area contributed by atoms with E-state index < -0.39 is 0 Å². The fourth-order valence-electron chi connectivity index (χ4n) is 3.58. The van der Waals surface area contributed by atoms with Crippen molar-refractivity contribution >= 4 is 11.8 Å². The predicted molar refractivity (Wildman–Crippen MR) is 94.5 cm³/mol. The average molecular weight is 338 g/mol. The Morgan fingerprint density at radius 2 is 1.79 bits per heavy atom. The Balaban J connectivity index is 1.76. The van der Waals surface area contributed by atoms with Crippen LogP contribution in [0.2, 0.25) is 0 Å². The fraction of sp³-hybridized carbons (Fsp3) is 0.895. The van der Waals surface area contributed by atoms with Crippen molar-refractivity contribution in [2.24, 2.45) is 11.3 Å². The molecule has 5 heteroatoms. The van der Waals surface area contributed by atoms with Crippen molar-refractivity contribution in [2.45, 2.75) is 90.8 Å². The molecule has 2 aliphatic rings. The molecule has 0 radical (unpaired) electrons. The quantitative estimate of drug-likeness (QED) is 0.750. The Kier molecular flexibility index (Phi) is 5.95. The number of hydrogen-bond donors (Lipinski definition) is 2. The molecule has 1 unspecified atom stereocenters. The highest BCUT2D eigenvalue weighted by molar-refractivity contribution is 5.81. The molecule has 0 aromatic heterocycles. The molecule has 0 aliphatic carbocycles. The molecular formula is C19H34N2O3. The standard InChI is InChI=1S/C19H34N2O3/c1-18(2,3)9-8-14-10-13(17(23)21-14)11-19(4,5)24-12-15-6-7-16(22)20-15/h13-15H,6-12H2,1-5H3,(H,20,22)(H,21,23)/t13?,14-,15+/m1/s1. The Labute approximate surface area is 146 Å². The van der Waals surface area contributed by atoms with E-state index in [-0.39, 0.29) is 29.4 Å². The summed E-state index contributed by atoms with van der Waals surface area (Å²) in [5, 5.41) is 6.07. The summed E-state index contributed by atoms with van der Waals surface area (Å²) in [5.41, 5.74) is -0.0504. The summed E-state index contributed by atoms with van der Waals surface area (Å²) < 4.78 is 6.03. The third-order valence-electron chi connectivity index (χ3n) is 5.03. The first-order valence-electron chi connectivity index (χ1n) is 9.28. The van der Waals surface area contributed by atoms with Crippen LogP contribution in [0, 0.1) is 11.3 Å². The minimum atomic E-state index is -0.353. The van der Waals surface area contributed by atoms with E-state index in [1.807, 2.05) is 13.8 Å². The first kappa shape index (κ1) is 19.2. The van der Waals surface area contributed by atoms with E-state index in [4.69, 9.17) is 4.74 Å². The number of ether oxygens (including phenoxy) is 1. The summed E-state index contributed by atoms with van der Waals surface area (Å²) in [4.78, 5) is 23.5. The highest BCUT2D eigenvalue weighted by Crippen LogP contribution is 2.31. The topological polar surface area (TPSA) is 67.4 Å². The molecule has 5 nitrogen and oxygen atoms in total. The van der Waals surface area contributed by atoms with Crippen molar-refractivity contribution in [3.05, 3.63) is 0 Å². The third-order valence-corrected chi connectivity index (χ3v) is 5.03. The van der Waals surface area contributed by atoms with Crippen LogP contribution in [0.15, 0.2) is 0 Å². The van der Waals surface area contributed by atoms with Crippen LogP contribution in [0.4, 0.5) is 0 Å². The number of carbonyl (C=O) groups excluding carboxylic acids is 2. The fourth-order valence-corrected chi connectivity index (χ4v) is 3.58. The Morgan fingerprint density at radius 1 is 1.08 bits per heavy atom. The summed E-state index contributed by atoms with van der Waals surface area (Å²) in [6, 6.07) is 0.417. The molecule has 0 aromatic carbocycles. The van der Waals surface area contributed by atoms with Crippen LogP contribution in [-0.2, 0) is 14.3 Å². The largest absolute Gasteiger partial charge is 0.373 e. The van der Waals surface area contributed by atoms with E-state index in [1.165, 1.54) is 0 Å². The maximum Gasteiger partial charge on any atom is 0.223 e. The molecule has 2 amide bonds. The molecule has 2 rings (SSSR count). The Morgan fingerprint density at radius 3 is 2.38 bits per heavy atom. The number of amides is 2. The minimum absolute atomic E-state index is 0.0307. The normalized spacial score (nSPS) is 28.1. The van der Waals surface area contributed by atoms with Gasteiger partial charge < -0.3 is 15.4 Å². The van der Waals surface area contributed by atoms with Gasteiger partial charge in [-0.2, -0.15) is 0 Å². The van der Waals surface area contributed by atoms with E-state index in [0.29, 0.717) is 24.5 Å². The van der Waals surface area contributed by atoms with Crippen LogP contribution < -0.4 is 10.6 Å². The van der Waals surface area contributed by atoms with Gasteiger partial charge in [-0.05, 0) is 51.4 Å². The van der Waals surface area contributed by atoms with Gasteiger partial charge in [-0.1, -0.05) is 20.8 Å². The van der Waals surface area contributed by atoms with Crippen molar-refractivity contribution in [2.75, 3.05) is 6.61 Å². The molecular weight excluding hydrogens is 304 g/mol. The van der Waals surface area contributed by atoms with Gasteiger partial charge in [0.15, 0.2) is 0 Å². The molecule has 2 aliphatic heterocycles. The van der Waals surface area contributed by atoms with Crippen molar-refractivity contribution in [1.82, 2.24) is 10.6 Å². The van der Waals surface area contributed by atoms with E-state index in [0.717, 1.165) is 32.1 Å². The summed E-state index contributed by atoms with van der Waals surface area (Å²) in [6.07, 6.45) is 5.23. The number of nitrogens with one attached hydrogen (secondary N) is 2. The van der Waals surface area contributed by atoms with Gasteiger partial charge in [0.05, 0.1) is 18.2 Å². The van der Waals surface area contributed by atoms with Gasteiger partial charge in [0.2, 0.25) is 11.8 Å². The maximum atomic E-state index is 12.3.